The van der Waals surface area contributed by atoms with Crippen LogP contribution >= 0.6 is 0 Å². The summed E-state index contributed by atoms with van der Waals surface area (Å²) in [4.78, 5) is 82.5. The summed E-state index contributed by atoms with van der Waals surface area (Å²) in [7, 11) is 4.58. The van der Waals surface area contributed by atoms with Crippen LogP contribution in [-0.4, -0.2) is 219 Å². The number of carbonyl (C=O) groups excluding carboxylic acids is 5. The summed E-state index contributed by atoms with van der Waals surface area (Å²) in [5, 5.41) is 14.1. The van der Waals surface area contributed by atoms with Crippen molar-refractivity contribution in [1.29, 1.82) is 0 Å². The maximum Gasteiger partial charge on any atom is 0.322 e. The lowest BCUT2D eigenvalue weighted by molar-refractivity contribution is -0.146. The Kier molecular flexibility index (Phi) is 29.2. The van der Waals surface area contributed by atoms with Crippen molar-refractivity contribution in [3.63, 3.8) is 0 Å². The van der Waals surface area contributed by atoms with E-state index in [0.717, 1.165) is 0 Å². The van der Waals surface area contributed by atoms with E-state index in [1.807, 2.05) is 13.8 Å². The van der Waals surface area contributed by atoms with Crippen molar-refractivity contribution in [3.05, 3.63) is 0 Å². The normalized spacial score (nSPS) is 18.6. The Morgan fingerprint density at radius 1 is 0.719 bits per heavy atom. The number of likely N-dealkylation sites (tertiary alicyclic amines) is 2. The highest BCUT2D eigenvalue weighted by Crippen LogP contribution is 2.29. The second kappa shape index (κ2) is 33.0. The molecule has 2 heterocycles. The highest BCUT2D eigenvalue weighted by molar-refractivity contribution is 5.91. The van der Waals surface area contributed by atoms with E-state index in [1.54, 1.807) is 18.9 Å². The van der Waals surface area contributed by atoms with Crippen molar-refractivity contribution in [2.75, 3.05) is 133 Å². The Labute approximate surface area is 378 Å². The molecular formula is C43H78N6O15. The molecule has 7 atom stereocenters. The van der Waals surface area contributed by atoms with Gasteiger partial charge in [-0.2, -0.15) is 0 Å². The zero-order valence-corrected chi connectivity index (χ0v) is 39.1. The van der Waals surface area contributed by atoms with Crippen molar-refractivity contribution in [2.24, 2.45) is 17.6 Å². The fourth-order valence-corrected chi connectivity index (χ4v) is 7.98. The van der Waals surface area contributed by atoms with E-state index >= 15 is 0 Å². The standard InChI is InChI=1S/C43H78N6O15/c1-7-31(2)40(35(57-5)28-37(51)48-14-8-10-33(48)41(58-6)32(3)42(55)46-30-39(53)54)47(4)38(52)29-45-43(56)34-11-9-15-49(34)36(50)12-16-59-18-20-61-22-24-63-26-27-64-25-23-62-21-19-60-17-13-44/h31-35,40-41H,7-30,44H2,1-6H3,(H,45,56)(H,46,55)(H,53,54)/t31-,32+,33-,34-,35+,40-,41+/m0/s1. The third-order valence-corrected chi connectivity index (χ3v) is 11.6. The highest BCUT2D eigenvalue weighted by Gasteiger charge is 2.42. The van der Waals surface area contributed by atoms with Crippen molar-refractivity contribution < 1.29 is 71.8 Å². The molecule has 5 N–H and O–H groups in total. The average Bonchev–Trinajstić information content (AvgIpc) is 3.99. The molecule has 0 bridgehead atoms. The summed E-state index contributed by atoms with van der Waals surface area (Å²) in [6.45, 7) is 11.1. The van der Waals surface area contributed by atoms with Crippen LogP contribution in [0.2, 0.25) is 0 Å². The van der Waals surface area contributed by atoms with Gasteiger partial charge in [-0.1, -0.05) is 27.2 Å². The predicted octanol–water partition coefficient (Wildman–Crippen LogP) is -0.337. The molecule has 0 aromatic rings. The van der Waals surface area contributed by atoms with Gasteiger partial charge in [0.25, 0.3) is 0 Å². The molecular weight excluding hydrogens is 840 g/mol. The molecule has 2 saturated heterocycles. The van der Waals surface area contributed by atoms with Crippen LogP contribution in [0.15, 0.2) is 0 Å². The summed E-state index contributed by atoms with van der Waals surface area (Å²) < 4.78 is 44.2. The van der Waals surface area contributed by atoms with Gasteiger partial charge in [-0.05, 0) is 31.6 Å². The van der Waals surface area contributed by atoms with Crippen molar-refractivity contribution in [1.82, 2.24) is 25.3 Å². The molecule has 0 aromatic heterocycles. The zero-order chi connectivity index (χ0) is 47.3. The molecule has 2 rings (SSSR count). The van der Waals surface area contributed by atoms with E-state index in [4.69, 9.17) is 48.7 Å². The first-order chi connectivity index (χ1) is 30.8. The van der Waals surface area contributed by atoms with Gasteiger partial charge < -0.3 is 74.1 Å². The van der Waals surface area contributed by atoms with Gasteiger partial charge in [0.1, 0.15) is 12.6 Å². The Morgan fingerprint density at radius 2 is 1.25 bits per heavy atom. The summed E-state index contributed by atoms with van der Waals surface area (Å²) in [6, 6.07) is -1.65. The van der Waals surface area contributed by atoms with Crippen LogP contribution in [0.5, 0.6) is 0 Å². The maximum atomic E-state index is 13.9. The molecule has 0 aliphatic carbocycles. The second-order valence-electron chi connectivity index (χ2n) is 15.9. The van der Waals surface area contributed by atoms with Gasteiger partial charge in [0.15, 0.2) is 0 Å². The number of hydrogen-bond donors (Lipinski definition) is 4. The molecule has 2 aliphatic rings. The first-order valence-corrected chi connectivity index (χ1v) is 22.7. The molecule has 0 saturated carbocycles. The third kappa shape index (κ3) is 20.3. The number of carboxylic acids is 1. The van der Waals surface area contributed by atoms with Gasteiger partial charge in [-0.3, -0.25) is 28.8 Å². The number of likely N-dealkylation sites (N-methyl/N-ethyl adjacent to an activating group) is 1. The average molecular weight is 919 g/mol. The Bertz CT molecular complexity index is 1380. The number of carbonyl (C=O) groups is 6. The van der Waals surface area contributed by atoms with Gasteiger partial charge in [-0.25, -0.2) is 0 Å². The van der Waals surface area contributed by atoms with Crippen LogP contribution in [0, 0.1) is 11.8 Å². The van der Waals surface area contributed by atoms with Gasteiger partial charge in [0.05, 0.1) is 129 Å². The largest absolute Gasteiger partial charge is 0.480 e. The summed E-state index contributed by atoms with van der Waals surface area (Å²) >= 11 is 0. The van der Waals surface area contributed by atoms with E-state index < -0.39 is 60.6 Å². The van der Waals surface area contributed by atoms with Crippen LogP contribution in [0.25, 0.3) is 0 Å². The van der Waals surface area contributed by atoms with Crippen molar-refractivity contribution >= 4 is 35.5 Å². The van der Waals surface area contributed by atoms with E-state index in [-0.39, 0.29) is 49.6 Å². The minimum atomic E-state index is -1.17. The quantitative estimate of drug-likeness (QED) is 0.0587. The number of carboxylic acid groups (broad SMARTS) is 1. The van der Waals surface area contributed by atoms with Gasteiger partial charge in [0.2, 0.25) is 29.5 Å². The molecule has 0 unspecified atom stereocenters. The number of ether oxygens (including phenoxy) is 8. The smallest absolute Gasteiger partial charge is 0.322 e. The number of methoxy groups -OCH3 is 2. The van der Waals surface area contributed by atoms with E-state index in [0.29, 0.717) is 124 Å². The summed E-state index contributed by atoms with van der Waals surface area (Å²) in [6.07, 6.45) is 1.78. The molecule has 2 fully saturated rings. The molecule has 5 amide bonds. The predicted molar refractivity (Wildman–Crippen MR) is 233 cm³/mol. The van der Waals surface area contributed by atoms with Crippen LogP contribution in [0.3, 0.4) is 0 Å². The van der Waals surface area contributed by atoms with Crippen molar-refractivity contribution in [3.8, 4) is 0 Å². The number of aliphatic carboxylic acids is 1. The molecule has 2 aliphatic heterocycles. The van der Waals surface area contributed by atoms with Crippen LogP contribution in [-0.2, 0) is 66.7 Å². The fourth-order valence-electron chi connectivity index (χ4n) is 7.98. The molecule has 0 spiro atoms. The fraction of sp³-hybridized carbons (Fsp3) is 0.860. The van der Waals surface area contributed by atoms with Gasteiger partial charge in [-0.15, -0.1) is 0 Å². The number of rotatable bonds is 36. The molecule has 0 aromatic carbocycles. The number of amides is 5. The second-order valence-corrected chi connectivity index (χ2v) is 15.9. The van der Waals surface area contributed by atoms with Crippen LogP contribution in [0.1, 0.15) is 65.7 Å². The van der Waals surface area contributed by atoms with E-state index in [2.05, 4.69) is 10.6 Å². The first-order valence-electron chi connectivity index (χ1n) is 22.7. The number of nitrogens with one attached hydrogen (secondary N) is 2. The highest BCUT2D eigenvalue weighted by atomic mass is 16.6. The molecule has 370 valence electrons. The SMILES string of the molecule is CC[C@H](C)[C@@H]([C@@H](CC(=O)N1CCC[C@H]1[C@H](OC)[C@@H](C)C(=O)NCC(=O)O)OC)N(C)C(=O)CNC(=O)[C@@H]1CCCN1C(=O)CCOCCOCCOCCOCCOCCOCCN. The molecule has 0 radical (unpaired) electrons. The number of nitrogens with zero attached hydrogens (tertiary/aromatic N) is 3. The van der Waals surface area contributed by atoms with Crippen LogP contribution < -0.4 is 16.4 Å². The molecule has 21 heteroatoms. The van der Waals surface area contributed by atoms with Gasteiger partial charge >= 0.3 is 5.97 Å². The third-order valence-electron chi connectivity index (χ3n) is 11.6. The Hall–Kier alpha value is -3.54. The molecule has 21 nitrogen and oxygen atoms in total. The number of hydrogen-bond acceptors (Lipinski definition) is 15. The summed E-state index contributed by atoms with van der Waals surface area (Å²) in [5.74, 6) is -3.68. The zero-order valence-electron chi connectivity index (χ0n) is 39.1. The molecule has 64 heavy (non-hydrogen) atoms. The van der Waals surface area contributed by atoms with E-state index in [1.165, 1.54) is 24.0 Å². The first kappa shape index (κ1) is 56.6. The summed E-state index contributed by atoms with van der Waals surface area (Å²) in [5.41, 5.74) is 5.35. The topological polar surface area (TPSA) is 256 Å². The van der Waals surface area contributed by atoms with E-state index in [9.17, 15) is 28.8 Å². The lowest BCUT2D eigenvalue weighted by Gasteiger charge is -2.39. The maximum absolute atomic E-state index is 13.9. The van der Waals surface area contributed by atoms with Crippen LogP contribution in [0.4, 0.5) is 0 Å². The number of nitrogens with two attached hydrogens (primary N) is 1. The van der Waals surface area contributed by atoms with Crippen molar-refractivity contribution in [2.45, 2.75) is 96.1 Å². The van der Waals surface area contributed by atoms with Gasteiger partial charge in [0, 0.05) is 40.9 Å². The minimum absolute atomic E-state index is 0.0464. The Morgan fingerprint density at radius 3 is 1.77 bits per heavy atom. The monoisotopic (exact) mass is 919 g/mol. The minimum Gasteiger partial charge on any atom is -0.480 e. The Balaban J connectivity index is 1.77. The lowest BCUT2D eigenvalue weighted by atomic mass is 9.90. The lowest BCUT2D eigenvalue weighted by Crippen LogP contribution is -2.55.